The first-order chi connectivity index (χ1) is 9.17. The van der Waals surface area contributed by atoms with E-state index in [-0.39, 0.29) is 17.1 Å². The number of ether oxygens (including phenoxy) is 2. The Labute approximate surface area is 125 Å². The molecule has 0 N–H and O–H groups in total. The van der Waals surface area contributed by atoms with E-state index in [9.17, 15) is 0 Å². The fraction of sp³-hybridized carbons (Fsp3) is 1.00. The minimum Gasteiger partial charge on any atom is -0.344 e. The van der Waals surface area contributed by atoms with Crippen molar-refractivity contribution < 1.29 is 9.47 Å². The van der Waals surface area contributed by atoms with E-state index in [1.165, 1.54) is 19.3 Å². The molecular formula is C18H34O2. The van der Waals surface area contributed by atoms with E-state index in [4.69, 9.17) is 9.47 Å². The second kappa shape index (κ2) is 4.98. The standard InChI is InChI=1S/C16H28O2.C2H6/c1-10-7-8-12-11(10)9-13-16(6,14(12,2)3)18-15(4,5)17-13;1-2/h10-13H,7-9H2,1-6H3;1-2H3/t10-,11?,12-,13-,16-;/m1./s1. The van der Waals surface area contributed by atoms with Crippen LogP contribution in [0.15, 0.2) is 0 Å². The van der Waals surface area contributed by atoms with Gasteiger partial charge in [0.25, 0.3) is 0 Å². The highest BCUT2D eigenvalue weighted by Gasteiger charge is 2.65. The zero-order valence-electron chi connectivity index (χ0n) is 14.7. The van der Waals surface area contributed by atoms with Crippen molar-refractivity contribution in [3.05, 3.63) is 0 Å². The van der Waals surface area contributed by atoms with Gasteiger partial charge in [-0.1, -0.05) is 41.0 Å². The molecule has 0 aromatic carbocycles. The van der Waals surface area contributed by atoms with E-state index in [2.05, 4.69) is 41.5 Å². The van der Waals surface area contributed by atoms with Gasteiger partial charge in [0.2, 0.25) is 0 Å². The highest BCUT2D eigenvalue weighted by Crippen LogP contribution is 2.62. The maximum Gasteiger partial charge on any atom is 0.164 e. The summed E-state index contributed by atoms with van der Waals surface area (Å²) in [6, 6.07) is 0. The summed E-state index contributed by atoms with van der Waals surface area (Å²) in [7, 11) is 0. The molecule has 0 bridgehead atoms. The summed E-state index contributed by atoms with van der Waals surface area (Å²) >= 11 is 0. The molecule has 3 fully saturated rings. The Balaban J connectivity index is 0.000000704. The van der Waals surface area contributed by atoms with Crippen LogP contribution in [-0.2, 0) is 9.47 Å². The average Bonchev–Trinajstić information content (AvgIpc) is 2.82. The molecule has 1 saturated heterocycles. The van der Waals surface area contributed by atoms with Crippen LogP contribution in [0.3, 0.4) is 0 Å². The van der Waals surface area contributed by atoms with Crippen molar-refractivity contribution in [1.82, 2.24) is 0 Å². The van der Waals surface area contributed by atoms with Crippen molar-refractivity contribution in [3.8, 4) is 0 Å². The minimum absolute atomic E-state index is 0.123. The third-order valence-corrected chi connectivity index (χ3v) is 6.37. The Morgan fingerprint density at radius 2 is 1.55 bits per heavy atom. The first-order valence-electron chi connectivity index (χ1n) is 8.55. The van der Waals surface area contributed by atoms with Gasteiger partial charge in [0.1, 0.15) is 5.60 Å². The smallest absolute Gasteiger partial charge is 0.164 e. The van der Waals surface area contributed by atoms with Crippen molar-refractivity contribution >= 4 is 0 Å². The molecule has 5 atom stereocenters. The average molecular weight is 282 g/mol. The third kappa shape index (κ3) is 2.14. The minimum atomic E-state index is -0.418. The lowest BCUT2D eigenvalue weighted by atomic mass is 9.55. The van der Waals surface area contributed by atoms with E-state index in [1.807, 2.05) is 13.8 Å². The second-order valence-electron chi connectivity index (χ2n) is 8.00. The molecule has 2 aliphatic carbocycles. The molecule has 0 spiro atoms. The van der Waals surface area contributed by atoms with E-state index in [0.29, 0.717) is 0 Å². The number of hydrogen-bond donors (Lipinski definition) is 0. The van der Waals surface area contributed by atoms with Crippen LogP contribution in [0.5, 0.6) is 0 Å². The molecule has 1 aliphatic heterocycles. The molecule has 20 heavy (non-hydrogen) atoms. The fourth-order valence-electron chi connectivity index (χ4n) is 5.05. The summed E-state index contributed by atoms with van der Waals surface area (Å²) < 4.78 is 12.6. The largest absolute Gasteiger partial charge is 0.344 e. The van der Waals surface area contributed by atoms with E-state index in [1.54, 1.807) is 0 Å². The summed E-state index contributed by atoms with van der Waals surface area (Å²) in [6.45, 7) is 17.6. The van der Waals surface area contributed by atoms with Crippen molar-refractivity contribution in [2.75, 3.05) is 0 Å². The molecular weight excluding hydrogens is 248 g/mol. The van der Waals surface area contributed by atoms with Crippen molar-refractivity contribution in [2.24, 2.45) is 23.2 Å². The van der Waals surface area contributed by atoms with Gasteiger partial charge in [0, 0.05) is 0 Å². The summed E-state index contributed by atoms with van der Waals surface area (Å²) in [6.07, 6.45) is 4.20. The van der Waals surface area contributed by atoms with Gasteiger partial charge < -0.3 is 9.47 Å². The summed E-state index contributed by atoms with van der Waals surface area (Å²) in [4.78, 5) is 0. The van der Waals surface area contributed by atoms with Crippen LogP contribution >= 0.6 is 0 Å². The Bertz CT molecular complexity index is 360. The molecule has 2 heteroatoms. The van der Waals surface area contributed by atoms with Crippen molar-refractivity contribution in [1.29, 1.82) is 0 Å². The van der Waals surface area contributed by atoms with Gasteiger partial charge in [-0.15, -0.1) is 0 Å². The van der Waals surface area contributed by atoms with E-state index in [0.717, 1.165) is 17.8 Å². The molecule has 118 valence electrons. The summed E-state index contributed by atoms with van der Waals surface area (Å²) in [5, 5.41) is 0. The van der Waals surface area contributed by atoms with Crippen LogP contribution in [0, 0.1) is 23.2 Å². The Kier molecular flexibility index (Phi) is 4.06. The van der Waals surface area contributed by atoms with Gasteiger partial charge >= 0.3 is 0 Å². The van der Waals surface area contributed by atoms with Gasteiger partial charge in [0.15, 0.2) is 5.79 Å². The molecule has 3 rings (SSSR count). The summed E-state index contributed by atoms with van der Waals surface area (Å²) in [5.74, 6) is 2.06. The van der Waals surface area contributed by atoms with Crippen LogP contribution in [0.2, 0.25) is 0 Å². The quantitative estimate of drug-likeness (QED) is 0.621. The third-order valence-electron chi connectivity index (χ3n) is 6.37. The number of rotatable bonds is 0. The van der Waals surface area contributed by atoms with Gasteiger partial charge in [-0.2, -0.15) is 0 Å². The van der Waals surface area contributed by atoms with Gasteiger partial charge in [0.05, 0.1) is 6.10 Å². The lowest BCUT2D eigenvalue weighted by molar-refractivity contribution is -0.193. The van der Waals surface area contributed by atoms with Gasteiger partial charge in [-0.3, -0.25) is 0 Å². The molecule has 2 nitrogen and oxygen atoms in total. The van der Waals surface area contributed by atoms with Crippen LogP contribution in [-0.4, -0.2) is 17.5 Å². The Morgan fingerprint density at radius 3 is 2.15 bits per heavy atom. The van der Waals surface area contributed by atoms with Crippen LogP contribution in [0.1, 0.15) is 74.7 Å². The molecule has 1 unspecified atom stereocenters. The van der Waals surface area contributed by atoms with Gasteiger partial charge in [-0.25, -0.2) is 0 Å². The van der Waals surface area contributed by atoms with E-state index < -0.39 is 5.79 Å². The highest BCUT2D eigenvalue weighted by atomic mass is 16.8. The number of fused-ring (bicyclic) bond motifs is 2. The summed E-state index contributed by atoms with van der Waals surface area (Å²) in [5.41, 5.74) is 0.0842. The Hall–Kier alpha value is -0.0800. The molecule has 1 heterocycles. The molecule has 2 saturated carbocycles. The monoisotopic (exact) mass is 282 g/mol. The predicted octanol–water partition coefficient (Wildman–Crippen LogP) is 5.02. The van der Waals surface area contributed by atoms with E-state index >= 15 is 0 Å². The lowest BCUT2D eigenvalue weighted by Crippen LogP contribution is -2.59. The zero-order valence-corrected chi connectivity index (χ0v) is 14.7. The van der Waals surface area contributed by atoms with Crippen molar-refractivity contribution in [3.63, 3.8) is 0 Å². The molecule has 0 aromatic rings. The normalized spacial score (nSPS) is 48.0. The van der Waals surface area contributed by atoms with Crippen LogP contribution < -0.4 is 0 Å². The SMILES string of the molecule is CC.C[C@@H]1CC[C@@H]2C1C[C@H]1OC(C)(C)O[C@@]1(C)C2(C)C. The second-order valence-corrected chi connectivity index (χ2v) is 8.00. The lowest BCUT2D eigenvalue weighted by Gasteiger charge is -2.54. The first-order valence-corrected chi connectivity index (χ1v) is 8.55. The van der Waals surface area contributed by atoms with Gasteiger partial charge in [-0.05, 0) is 56.8 Å². The zero-order chi connectivity index (χ0) is 15.3. The fourth-order valence-corrected chi connectivity index (χ4v) is 5.05. The Morgan fingerprint density at radius 1 is 0.950 bits per heavy atom. The predicted molar refractivity (Wildman–Crippen MR) is 83.6 cm³/mol. The maximum absolute atomic E-state index is 6.38. The van der Waals surface area contributed by atoms with Crippen LogP contribution in [0.4, 0.5) is 0 Å². The van der Waals surface area contributed by atoms with Crippen LogP contribution in [0.25, 0.3) is 0 Å². The topological polar surface area (TPSA) is 18.5 Å². The first kappa shape index (κ1) is 16.3. The molecule has 0 radical (unpaired) electrons. The molecule has 0 amide bonds. The number of hydrogen-bond acceptors (Lipinski definition) is 2. The highest BCUT2D eigenvalue weighted by molar-refractivity contribution is 5.12. The molecule has 0 aromatic heterocycles. The van der Waals surface area contributed by atoms with Crippen molar-refractivity contribution in [2.45, 2.75) is 92.1 Å². The maximum atomic E-state index is 6.38. The molecule has 3 aliphatic rings.